The number of allylic oxidation sites excluding steroid dienone is 10. The van der Waals surface area contributed by atoms with Crippen molar-refractivity contribution in [2.45, 2.75) is 303 Å². The van der Waals surface area contributed by atoms with Gasteiger partial charge in [-0.2, -0.15) is 0 Å². The van der Waals surface area contributed by atoms with Gasteiger partial charge < -0.3 is 14.2 Å². The third kappa shape index (κ3) is 54.1. The van der Waals surface area contributed by atoms with Crippen LogP contribution >= 0.6 is 0 Å². The summed E-state index contributed by atoms with van der Waals surface area (Å²) in [5, 5.41) is 0. The van der Waals surface area contributed by atoms with E-state index in [1.54, 1.807) is 0 Å². The van der Waals surface area contributed by atoms with Crippen molar-refractivity contribution >= 4 is 17.9 Å². The smallest absolute Gasteiger partial charge is 0.306 e. The Balaban J connectivity index is 4.39. The molecule has 0 N–H and O–H groups in total. The van der Waals surface area contributed by atoms with Crippen LogP contribution in [-0.2, 0) is 28.6 Å². The van der Waals surface area contributed by atoms with Crippen molar-refractivity contribution in [2.24, 2.45) is 0 Å². The maximum atomic E-state index is 12.9. The van der Waals surface area contributed by atoms with E-state index in [4.69, 9.17) is 14.2 Å². The molecule has 394 valence electrons. The van der Waals surface area contributed by atoms with E-state index < -0.39 is 6.10 Å². The first-order valence-corrected chi connectivity index (χ1v) is 29.3. The van der Waals surface area contributed by atoms with Gasteiger partial charge in [0, 0.05) is 19.3 Å². The molecule has 0 saturated carbocycles. The summed E-state index contributed by atoms with van der Waals surface area (Å²) in [6.45, 7) is 6.59. The van der Waals surface area contributed by atoms with Crippen LogP contribution < -0.4 is 0 Å². The van der Waals surface area contributed by atoms with Crippen LogP contribution in [0.3, 0.4) is 0 Å². The molecule has 0 saturated heterocycles. The average molecular weight is 952 g/mol. The van der Waals surface area contributed by atoms with Gasteiger partial charge in [0.15, 0.2) is 6.10 Å². The minimum absolute atomic E-state index is 0.0833. The molecule has 0 aromatic rings. The number of carbonyl (C=O) groups excluding carboxylic acids is 3. The van der Waals surface area contributed by atoms with E-state index >= 15 is 0 Å². The Kier molecular flexibility index (Phi) is 54.3. The molecule has 0 aromatic carbocycles. The molecule has 0 radical (unpaired) electrons. The van der Waals surface area contributed by atoms with Gasteiger partial charge in [0.25, 0.3) is 0 Å². The van der Waals surface area contributed by atoms with Crippen molar-refractivity contribution in [2.75, 3.05) is 13.2 Å². The molecule has 0 aliphatic carbocycles. The molecule has 68 heavy (non-hydrogen) atoms. The van der Waals surface area contributed by atoms with E-state index in [0.717, 1.165) is 96.3 Å². The number of ether oxygens (including phenoxy) is 3. The van der Waals surface area contributed by atoms with Crippen LogP contribution in [0.25, 0.3) is 0 Å². The van der Waals surface area contributed by atoms with Crippen LogP contribution in [0.2, 0.25) is 0 Å². The molecule has 0 amide bonds. The number of rotatable bonds is 53. The largest absolute Gasteiger partial charge is 0.462 e. The summed E-state index contributed by atoms with van der Waals surface area (Å²) in [6, 6.07) is 0. The average Bonchev–Trinajstić information content (AvgIpc) is 3.34. The van der Waals surface area contributed by atoms with Crippen LogP contribution in [-0.4, -0.2) is 37.2 Å². The van der Waals surface area contributed by atoms with E-state index in [1.165, 1.54) is 161 Å². The van der Waals surface area contributed by atoms with Gasteiger partial charge in [0.1, 0.15) is 13.2 Å². The first-order chi connectivity index (χ1) is 33.5. The topological polar surface area (TPSA) is 78.9 Å². The second kappa shape index (κ2) is 56.7. The van der Waals surface area contributed by atoms with Crippen LogP contribution in [0.1, 0.15) is 297 Å². The maximum absolute atomic E-state index is 12.9. The van der Waals surface area contributed by atoms with Crippen molar-refractivity contribution in [3.63, 3.8) is 0 Å². The van der Waals surface area contributed by atoms with Crippen LogP contribution in [0, 0.1) is 0 Å². The van der Waals surface area contributed by atoms with E-state index in [1.807, 2.05) is 0 Å². The highest BCUT2D eigenvalue weighted by Crippen LogP contribution is 2.15. The molecule has 1 unspecified atom stereocenters. The lowest BCUT2D eigenvalue weighted by Crippen LogP contribution is -2.30. The molecule has 6 heteroatoms. The normalized spacial score (nSPS) is 12.5. The Bertz CT molecular complexity index is 1230. The third-order valence-electron chi connectivity index (χ3n) is 12.7. The molecular formula is C62H110O6. The second-order valence-corrected chi connectivity index (χ2v) is 19.5. The van der Waals surface area contributed by atoms with Crippen molar-refractivity contribution in [1.82, 2.24) is 0 Å². The quantitative estimate of drug-likeness (QED) is 0.0262. The molecule has 0 fully saturated rings. The Morgan fingerprint density at radius 1 is 0.294 bits per heavy atom. The molecule has 1 atom stereocenters. The minimum atomic E-state index is -0.786. The predicted octanol–water partition coefficient (Wildman–Crippen LogP) is 19.6. The lowest BCUT2D eigenvalue weighted by Gasteiger charge is -2.18. The van der Waals surface area contributed by atoms with Gasteiger partial charge in [-0.25, -0.2) is 0 Å². The molecule has 0 rings (SSSR count). The molecule has 0 spiro atoms. The van der Waals surface area contributed by atoms with Crippen molar-refractivity contribution in [1.29, 1.82) is 0 Å². The molecule has 0 bridgehead atoms. The first-order valence-electron chi connectivity index (χ1n) is 29.3. The van der Waals surface area contributed by atoms with Gasteiger partial charge in [-0.15, -0.1) is 0 Å². The number of esters is 3. The highest BCUT2D eigenvalue weighted by atomic mass is 16.6. The second-order valence-electron chi connectivity index (χ2n) is 19.5. The Labute approximate surface area is 421 Å². The molecule has 0 aromatic heterocycles. The Hall–Kier alpha value is -2.89. The number of hydrogen-bond acceptors (Lipinski definition) is 6. The summed E-state index contributed by atoms with van der Waals surface area (Å²) in [6.07, 6.45) is 70.6. The van der Waals surface area contributed by atoms with E-state index in [9.17, 15) is 14.4 Å². The minimum Gasteiger partial charge on any atom is -0.462 e. The number of carbonyl (C=O) groups is 3. The van der Waals surface area contributed by atoms with Crippen LogP contribution in [0.5, 0.6) is 0 Å². The van der Waals surface area contributed by atoms with E-state index in [2.05, 4.69) is 81.5 Å². The Morgan fingerprint density at radius 2 is 0.529 bits per heavy atom. The highest BCUT2D eigenvalue weighted by molar-refractivity contribution is 5.71. The van der Waals surface area contributed by atoms with Crippen molar-refractivity contribution in [3.05, 3.63) is 60.8 Å². The summed E-state index contributed by atoms with van der Waals surface area (Å²) in [4.78, 5) is 38.2. The van der Waals surface area contributed by atoms with Gasteiger partial charge in [0.05, 0.1) is 0 Å². The summed E-state index contributed by atoms with van der Waals surface area (Å²) in [5.74, 6) is -0.899. The van der Waals surface area contributed by atoms with Crippen molar-refractivity contribution in [3.8, 4) is 0 Å². The zero-order chi connectivity index (χ0) is 49.3. The fraction of sp³-hybridized carbons (Fsp3) is 0.790. The van der Waals surface area contributed by atoms with E-state index in [0.29, 0.717) is 19.3 Å². The standard InChI is InChI=1S/C62H110O6/c1-4-7-10-13-16-19-22-25-28-30-31-32-35-37-40-43-46-49-52-55-61(64)67-58-59(57-66-60(63)54-51-48-45-42-39-36-33-27-24-21-18-15-12-9-6-3)68-62(65)56-53-50-47-44-41-38-34-29-26-23-20-17-14-11-8-5-2/h16,18-19,21,25,27-29,33-34,59H,4-15,17,20,22-24,26,30-32,35-58H2,1-3H3/b19-16-,21-18-,28-25-,33-27-,34-29-. The number of unbranched alkanes of at least 4 members (excludes halogenated alkanes) is 32. The highest BCUT2D eigenvalue weighted by Gasteiger charge is 2.19. The summed E-state index contributed by atoms with van der Waals surface area (Å²) < 4.78 is 16.9. The fourth-order valence-electron chi connectivity index (χ4n) is 8.26. The summed E-state index contributed by atoms with van der Waals surface area (Å²) in [7, 11) is 0. The van der Waals surface area contributed by atoms with Crippen LogP contribution in [0.15, 0.2) is 60.8 Å². The zero-order valence-electron chi connectivity index (χ0n) is 45.1. The van der Waals surface area contributed by atoms with Gasteiger partial charge in [-0.1, -0.05) is 229 Å². The molecular weight excluding hydrogens is 841 g/mol. The molecule has 6 nitrogen and oxygen atoms in total. The summed E-state index contributed by atoms with van der Waals surface area (Å²) in [5.41, 5.74) is 0. The van der Waals surface area contributed by atoms with Crippen molar-refractivity contribution < 1.29 is 28.6 Å². The lowest BCUT2D eigenvalue weighted by atomic mass is 10.1. The summed E-state index contributed by atoms with van der Waals surface area (Å²) >= 11 is 0. The maximum Gasteiger partial charge on any atom is 0.306 e. The predicted molar refractivity (Wildman–Crippen MR) is 293 cm³/mol. The molecule has 0 aliphatic heterocycles. The third-order valence-corrected chi connectivity index (χ3v) is 12.7. The molecule has 0 heterocycles. The Morgan fingerprint density at radius 3 is 0.853 bits per heavy atom. The first kappa shape index (κ1) is 65.1. The van der Waals surface area contributed by atoms with Gasteiger partial charge in [-0.05, 0) is 109 Å². The monoisotopic (exact) mass is 951 g/mol. The lowest BCUT2D eigenvalue weighted by molar-refractivity contribution is -0.167. The van der Waals surface area contributed by atoms with Crippen LogP contribution in [0.4, 0.5) is 0 Å². The van der Waals surface area contributed by atoms with Gasteiger partial charge in [-0.3, -0.25) is 14.4 Å². The SMILES string of the molecule is CCCCC/C=C\C/C=C\CCCCCCCCCCCC(=O)OCC(COC(=O)CCCCCCC/C=C\C/C=C\CCCCC)OC(=O)CCCCCCC/C=C\CCCCCCCCC. The van der Waals surface area contributed by atoms with Gasteiger partial charge in [0.2, 0.25) is 0 Å². The fourth-order valence-corrected chi connectivity index (χ4v) is 8.26. The van der Waals surface area contributed by atoms with E-state index in [-0.39, 0.29) is 31.1 Å². The zero-order valence-corrected chi connectivity index (χ0v) is 45.1. The number of hydrogen-bond donors (Lipinski definition) is 0. The van der Waals surface area contributed by atoms with Gasteiger partial charge >= 0.3 is 17.9 Å². The molecule has 0 aliphatic rings.